The van der Waals surface area contributed by atoms with E-state index < -0.39 is 0 Å². The average molecular weight is 300 g/mol. The molecule has 5 nitrogen and oxygen atoms in total. The van der Waals surface area contributed by atoms with Gasteiger partial charge in [-0.2, -0.15) is 0 Å². The Morgan fingerprint density at radius 3 is 2.63 bits per heavy atom. The van der Waals surface area contributed by atoms with E-state index in [1.165, 1.54) is 0 Å². The molecule has 2 rings (SSSR count). The molecule has 102 valence electrons. The maximum absolute atomic E-state index is 6.09. The number of imidazole rings is 1. The molecule has 0 fully saturated rings. The van der Waals surface area contributed by atoms with E-state index in [0.29, 0.717) is 28.2 Å². The average Bonchev–Trinajstić information content (AvgIpc) is 2.78. The van der Waals surface area contributed by atoms with Crippen LogP contribution < -0.4 is 10.6 Å². The Bertz CT molecular complexity index is 567. The molecule has 2 heterocycles. The second kappa shape index (κ2) is 6.12. The predicted molar refractivity (Wildman–Crippen MR) is 79.2 cm³/mol. The third kappa shape index (κ3) is 3.30. The summed E-state index contributed by atoms with van der Waals surface area (Å²) in [7, 11) is 3.73. The Morgan fingerprint density at radius 2 is 2.00 bits per heavy atom. The molecule has 0 aliphatic heterocycles. The number of pyridine rings is 1. The van der Waals surface area contributed by atoms with Gasteiger partial charge in [-0.05, 0) is 6.07 Å². The van der Waals surface area contributed by atoms with Crippen LogP contribution in [-0.4, -0.2) is 28.1 Å². The predicted octanol–water partition coefficient (Wildman–Crippen LogP) is 2.82. The van der Waals surface area contributed by atoms with E-state index in [1.54, 1.807) is 19.3 Å². The third-order valence-electron chi connectivity index (χ3n) is 2.73. The fraction of sp³-hybridized carbons (Fsp3) is 0.333. The van der Waals surface area contributed by atoms with Crippen LogP contribution in [0.5, 0.6) is 0 Å². The molecule has 0 spiro atoms. The summed E-state index contributed by atoms with van der Waals surface area (Å²) in [6.07, 6.45) is 4.49. The van der Waals surface area contributed by atoms with Gasteiger partial charge in [0, 0.05) is 39.5 Å². The first-order valence-electron chi connectivity index (χ1n) is 5.85. The van der Waals surface area contributed by atoms with E-state index in [2.05, 4.69) is 20.6 Å². The van der Waals surface area contributed by atoms with Crippen molar-refractivity contribution in [3.63, 3.8) is 0 Å². The topological polar surface area (TPSA) is 54.8 Å². The number of halogens is 2. The summed E-state index contributed by atoms with van der Waals surface area (Å²) in [6.45, 7) is 0.697. The van der Waals surface area contributed by atoms with E-state index >= 15 is 0 Å². The van der Waals surface area contributed by atoms with E-state index in [-0.39, 0.29) is 0 Å². The molecule has 0 aliphatic rings. The van der Waals surface area contributed by atoms with Crippen LogP contribution in [0.1, 0.15) is 5.82 Å². The molecule has 7 heteroatoms. The monoisotopic (exact) mass is 299 g/mol. The molecule has 0 saturated carbocycles. The van der Waals surface area contributed by atoms with Crippen LogP contribution in [0.15, 0.2) is 18.5 Å². The van der Waals surface area contributed by atoms with Crippen LogP contribution in [-0.2, 0) is 13.5 Å². The minimum Gasteiger partial charge on any atom is -0.372 e. The van der Waals surface area contributed by atoms with Gasteiger partial charge in [-0.15, -0.1) is 0 Å². The zero-order valence-electron chi connectivity index (χ0n) is 10.7. The number of hydrogen-bond donors (Lipinski definition) is 2. The highest BCUT2D eigenvalue weighted by Crippen LogP contribution is 2.28. The Labute approximate surface area is 122 Å². The maximum Gasteiger partial charge on any atom is 0.147 e. The molecule has 0 unspecified atom stereocenters. The molecule has 0 aromatic carbocycles. The second-order valence-electron chi connectivity index (χ2n) is 4.03. The van der Waals surface area contributed by atoms with Gasteiger partial charge in [0.05, 0.1) is 10.0 Å². The summed E-state index contributed by atoms with van der Waals surface area (Å²) in [6, 6.07) is 1.67. The number of hydrogen-bond acceptors (Lipinski definition) is 4. The Kier molecular flexibility index (Phi) is 4.50. The van der Waals surface area contributed by atoms with Gasteiger partial charge in [-0.25, -0.2) is 9.97 Å². The highest BCUT2D eigenvalue weighted by Gasteiger charge is 2.08. The van der Waals surface area contributed by atoms with Gasteiger partial charge in [0.1, 0.15) is 17.5 Å². The van der Waals surface area contributed by atoms with Crippen LogP contribution in [0, 0.1) is 0 Å². The van der Waals surface area contributed by atoms with Crippen molar-refractivity contribution in [3.8, 4) is 0 Å². The molecular weight excluding hydrogens is 285 g/mol. The highest BCUT2D eigenvalue weighted by atomic mass is 35.5. The molecule has 0 bridgehead atoms. The van der Waals surface area contributed by atoms with Gasteiger partial charge >= 0.3 is 0 Å². The molecular formula is C12H15Cl2N5. The standard InChI is InChI=1S/C12H15Cl2N5/c1-15-11-8(13)7-9(14)12(18-11)17-4-3-10-16-5-6-19(10)2/h5-7H,3-4H2,1-2H3,(H2,15,17,18). The number of aromatic nitrogens is 3. The van der Waals surface area contributed by atoms with Crippen molar-refractivity contribution in [1.29, 1.82) is 0 Å². The van der Waals surface area contributed by atoms with Crippen LogP contribution in [0.2, 0.25) is 10.0 Å². The maximum atomic E-state index is 6.09. The summed E-state index contributed by atoms with van der Waals surface area (Å²) < 4.78 is 1.98. The van der Waals surface area contributed by atoms with Crippen LogP contribution >= 0.6 is 23.2 Å². The van der Waals surface area contributed by atoms with Crippen molar-refractivity contribution in [2.75, 3.05) is 24.2 Å². The Balaban J connectivity index is 2.01. The van der Waals surface area contributed by atoms with E-state index in [1.807, 2.05) is 17.8 Å². The first-order valence-corrected chi connectivity index (χ1v) is 6.61. The fourth-order valence-corrected chi connectivity index (χ4v) is 2.22. The van der Waals surface area contributed by atoms with Gasteiger partial charge in [0.15, 0.2) is 0 Å². The molecule has 0 saturated heterocycles. The van der Waals surface area contributed by atoms with Crippen molar-refractivity contribution in [2.45, 2.75) is 6.42 Å². The quantitative estimate of drug-likeness (QED) is 0.891. The molecule has 2 aromatic heterocycles. The molecule has 0 atom stereocenters. The van der Waals surface area contributed by atoms with Gasteiger partial charge in [0.2, 0.25) is 0 Å². The number of rotatable bonds is 5. The van der Waals surface area contributed by atoms with Gasteiger partial charge in [-0.3, -0.25) is 0 Å². The lowest BCUT2D eigenvalue weighted by Crippen LogP contribution is -2.10. The first-order chi connectivity index (χ1) is 9.11. The van der Waals surface area contributed by atoms with Crippen LogP contribution in [0.25, 0.3) is 0 Å². The summed E-state index contributed by atoms with van der Waals surface area (Å²) in [5.41, 5.74) is 0. The molecule has 2 N–H and O–H groups in total. The van der Waals surface area contributed by atoms with Crippen molar-refractivity contribution in [1.82, 2.24) is 14.5 Å². The SMILES string of the molecule is CNc1nc(NCCc2nccn2C)c(Cl)cc1Cl. The summed E-state index contributed by atoms with van der Waals surface area (Å²) in [4.78, 5) is 8.57. The minimum atomic E-state index is 0.502. The van der Waals surface area contributed by atoms with Crippen molar-refractivity contribution in [2.24, 2.45) is 7.05 Å². The van der Waals surface area contributed by atoms with Gasteiger partial charge < -0.3 is 15.2 Å². The third-order valence-corrected chi connectivity index (χ3v) is 3.30. The Hall–Kier alpha value is -1.46. The molecule has 0 aliphatic carbocycles. The van der Waals surface area contributed by atoms with Gasteiger partial charge in [-0.1, -0.05) is 23.2 Å². The first kappa shape index (κ1) is 14.0. The smallest absolute Gasteiger partial charge is 0.147 e. The highest BCUT2D eigenvalue weighted by molar-refractivity contribution is 6.37. The fourth-order valence-electron chi connectivity index (χ4n) is 1.70. The Morgan fingerprint density at radius 1 is 1.26 bits per heavy atom. The largest absolute Gasteiger partial charge is 0.372 e. The zero-order valence-corrected chi connectivity index (χ0v) is 12.3. The van der Waals surface area contributed by atoms with Crippen molar-refractivity contribution < 1.29 is 0 Å². The zero-order chi connectivity index (χ0) is 13.8. The second-order valence-corrected chi connectivity index (χ2v) is 4.84. The lowest BCUT2D eigenvalue weighted by Gasteiger charge is -2.10. The van der Waals surface area contributed by atoms with Gasteiger partial charge in [0.25, 0.3) is 0 Å². The number of nitrogens with one attached hydrogen (secondary N) is 2. The van der Waals surface area contributed by atoms with Crippen LogP contribution in [0.3, 0.4) is 0 Å². The summed E-state index contributed by atoms with van der Waals surface area (Å²) in [5, 5.41) is 7.11. The number of anilines is 2. The summed E-state index contributed by atoms with van der Waals surface area (Å²) >= 11 is 12.1. The molecule has 0 amide bonds. The van der Waals surface area contributed by atoms with E-state index in [4.69, 9.17) is 23.2 Å². The lowest BCUT2D eigenvalue weighted by atomic mass is 10.3. The molecule has 19 heavy (non-hydrogen) atoms. The van der Waals surface area contributed by atoms with Crippen molar-refractivity contribution >= 4 is 34.8 Å². The van der Waals surface area contributed by atoms with E-state index in [9.17, 15) is 0 Å². The summed E-state index contributed by atoms with van der Waals surface area (Å²) in [5.74, 6) is 2.22. The molecule has 2 aromatic rings. The lowest BCUT2D eigenvalue weighted by molar-refractivity contribution is 0.788. The minimum absolute atomic E-state index is 0.502. The van der Waals surface area contributed by atoms with Crippen molar-refractivity contribution in [3.05, 3.63) is 34.3 Å². The molecule has 0 radical (unpaired) electrons. The number of nitrogens with zero attached hydrogens (tertiary/aromatic N) is 3. The van der Waals surface area contributed by atoms with Crippen LogP contribution in [0.4, 0.5) is 11.6 Å². The normalized spacial score (nSPS) is 10.5. The number of aryl methyl sites for hydroxylation is 1. The van der Waals surface area contributed by atoms with E-state index in [0.717, 1.165) is 12.2 Å².